The van der Waals surface area contributed by atoms with Gasteiger partial charge in [-0.25, -0.2) is 0 Å². The van der Waals surface area contributed by atoms with Crippen molar-refractivity contribution in [2.75, 3.05) is 6.61 Å². The minimum Gasteiger partial charge on any atom is -0.494 e. The molecule has 3 nitrogen and oxygen atoms in total. The van der Waals surface area contributed by atoms with Crippen LogP contribution in [-0.4, -0.2) is 11.2 Å². The Balaban J connectivity index is 1.67. The van der Waals surface area contributed by atoms with Gasteiger partial charge < -0.3 is 14.0 Å². The molecule has 3 aromatic rings. The predicted octanol–water partition coefficient (Wildman–Crippen LogP) is 4.21. The van der Waals surface area contributed by atoms with Gasteiger partial charge in [0, 0.05) is 11.6 Å². The van der Waals surface area contributed by atoms with Crippen LogP contribution in [0.3, 0.4) is 0 Å². The average molecular weight is 281 g/mol. The van der Waals surface area contributed by atoms with Crippen molar-refractivity contribution < 1.29 is 9.47 Å². The maximum atomic E-state index is 5.78. The number of fused-ring (bicyclic) bond motifs is 1. The molecule has 108 valence electrons. The Morgan fingerprint density at radius 2 is 1.86 bits per heavy atom. The van der Waals surface area contributed by atoms with E-state index in [0.717, 1.165) is 11.3 Å². The van der Waals surface area contributed by atoms with Crippen molar-refractivity contribution >= 4 is 10.9 Å². The van der Waals surface area contributed by atoms with Crippen molar-refractivity contribution in [3.63, 3.8) is 0 Å². The Morgan fingerprint density at radius 1 is 1.00 bits per heavy atom. The lowest BCUT2D eigenvalue weighted by atomic mass is 10.2. The lowest BCUT2D eigenvalue weighted by molar-refractivity contribution is 0.0668. The normalized spacial score (nSPS) is 10.9. The first kappa shape index (κ1) is 13.7. The van der Waals surface area contributed by atoms with Crippen molar-refractivity contribution in [2.45, 2.75) is 20.3 Å². The molecular formula is C18H19NO2. The standard InChI is InChI=1S/C18H19NO2/c1-2-21-17-8-9-18-16(12-17)10-11-19(18)14-20-13-15-6-4-3-5-7-15/h3-12H,2,13-14H2,1H3. The summed E-state index contributed by atoms with van der Waals surface area (Å²) >= 11 is 0. The van der Waals surface area contributed by atoms with Gasteiger partial charge in [-0.3, -0.25) is 0 Å². The molecule has 0 saturated heterocycles. The first-order valence-corrected chi connectivity index (χ1v) is 7.20. The smallest absolute Gasteiger partial charge is 0.123 e. The second-order valence-corrected chi connectivity index (χ2v) is 4.90. The van der Waals surface area contributed by atoms with Crippen molar-refractivity contribution in [3.05, 3.63) is 66.4 Å². The molecule has 0 amide bonds. The first-order valence-electron chi connectivity index (χ1n) is 7.20. The maximum absolute atomic E-state index is 5.78. The number of rotatable bonds is 6. The fraction of sp³-hybridized carbons (Fsp3) is 0.222. The summed E-state index contributed by atoms with van der Waals surface area (Å²) in [4.78, 5) is 0. The zero-order valence-corrected chi connectivity index (χ0v) is 12.2. The van der Waals surface area contributed by atoms with Gasteiger partial charge in [0.15, 0.2) is 0 Å². The molecule has 0 spiro atoms. The van der Waals surface area contributed by atoms with Crippen LogP contribution in [0.2, 0.25) is 0 Å². The molecule has 0 atom stereocenters. The summed E-state index contributed by atoms with van der Waals surface area (Å²) in [7, 11) is 0. The molecule has 21 heavy (non-hydrogen) atoms. The third-order valence-corrected chi connectivity index (χ3v) is 3.40. The summed E-state index contributed by atoms with van der Waals surface area (Å²) < 4.78 is 13.4. The van der Waals surface area contributed by atoms with E-state index >= 15 is 0 Å². The van der Waals surface area contributed by atoms with E-state index in [1.165, 1.54) is 10.9 Å². The predicted molar refractivity (Wildman–Crippen MR) is 84.3 cm³/mol. The van der Waals surface area contributed by atoms with Crippen LogP contribution in [-0.2, 0) is 18.1 Å². The fourth-order valence-electron chi connectivity index (χ4n) is 2.38. The Kier molecular flexibility index (Phi) is 4.22. The second-order valence-electron chi connectivity index (χ2n) is 4.90. The summed E-state index contributed by atoms with van der Waals surface area (Å²) in [5.74, 6) is 0.910. The SMILES string of the molecule is CCOc1ccc2c(ccn2COCc2ccccc2)c1. The summed E-state index contributed by atoms with van der Waals surface area (Å²) in [5.41, 5.74) is 2.35. The molecule has 0 aliphatic heterocycles. The highest BCUT2D eigenvalue weighted by molar-refractivity contribution is 5.81. The lowest BCUT2D eigenvalue weighted by Crippen LogP contribution is -2.01. The van der Waals surface area contributed by atoms with Gasteiger partial charge >= 0.3 is 0 Å². The second kappa shape index (κ2) is 6.46. The minimum absolute atomic E-state index is 0.548. The first-order chi connectivity index (χ1) is 10.4. The molecule has 0 fully saturated rings. The van der Waals surface area contributed by atoms with Crippen LogP contribution in [0.25, 0.3) is 10.9 Å². The quantitative estimate of drug-likeness (QED) is 0.675. The molecule has 1 aromatic heterocycles. The van der Waals surface area contributed by atoms with E-state index in [1.807, 2.05) is 37.4 Å². The monoisotopic (exact) mass is 281 g/mol. The van der Waals surface area contributed by atoms with Crippen LogP contribution in [0.15, 0.2) is 60.8 Å². The highest BCUT2D eigenvalue weighted by atomic mass is 16.5. The van der Waals surface area contributed by atoms with E-state index < -0.39 is 0 Å². The number of ether oxygens (including phenoxy) is 2. The molecule has 3 heteroatoms. The van der Waals surface area contributed by atoms with Gasteiger partial charge in [-0.05, 0) is 36.8 Å². The summed E-state index contributed by atoms with van der Waals surface area (Å²) in [6.45, 7) is 3.85. The number of aromatic nitrogens is 1. The Labute approximate surface area is 124 Å². The van der Waals surface area contributed by atoms with E-state index in [0.29, 0.717) is 19.9 Å². The van der Waals surface area contributed by atoms with Gasteiger partial charge in [0.25, 0.3) is 0 Å². The fourth-order valence-corrected chi connectivity index (χ4v) is 2.38. The van der Waals surface area contributed by atoms with Crippen LogP contribution in [0, 0.1) is 0 Å². The molecule has 0 aliphatic rings. The van der Waals surface area contributed by atoms with Gasteiger partial charge in [0.1, 0.15) is 12.5 Å². The number of hydrogen-bond acceptors (Lipinski definition) is 2. The molecule has 1 heterocycles. The van der Waals surface area contributed by atoms with Gasteiger partial charge in [-0.2, -0.15) is 0 Å². The zero-order chi connectivity index (χ0) is 14.5. The zero-order valence-electron chi connectivity index (χ0n) is 12.2. The molecular weight excluding hydrogens is 262 g/mol. The number of benzene rings is 2. The van der Waals surface area contributed by atoms with Crippen molar-refractivity contribution in [1.29, 1.82) is 0 Å². The Hall–Kier alpha value is -2.26. The van der Waals surface area contributed by atoms with Crippen molar-refractivity contribution in [2.24, 2.45) is 0 Å². The number of nitrogens with zero attached hydrogens (tertiary/aromatic N) is 1. The lowest BCUT2D eigenvalue weighted by Gasteiger charge is -2.08. The van der Waals surface area contributed by atoms with E-state index in [2.05, 4.69) is 34.9 Å². The Morgan fingerprint density at radius 3 is 2.67 bits per heavy atom. The summed E-state index contributed by atoms with van der Waals surface area (Å²) in [6, 6.07) is 18.4. The molecule has 0 bridgehead atoms. The van der Waals surface area contributed by atoms with Gasteiger partial charge in [0.2, 0.25) is 0 Å². The molecule has 3 rings (SSSR count). The van der Waals surface area contributed by atoms with Crippen LogP contribution in [0.5, 0.6) is 5.75 Å². The van der Waals surface area contributed by atoms with Gasteiger partial charge in [0.05, 0.1) is 18.7 Å². The van der Waals surface area contributed by atoms with Crippen LogP contribution in [0.4, 0.5) is 0 Å². The van der Waals surface area contributed by atoms with E-state index in [9.17, 15) is 0 Å². The van der Waals surface area contributed by atoms with E-state index in [1.54, 1.807) is 0 Å². The average Bonchev–Trinajstić information content (AvgIpc) is 2.91. The van der Waals surface area contributed by atoms with Crippen LogP contribution in [0.1, 0.15) is 12.5 Å². The van der Waals surface area contributed by atoms with Crippen molar-refractivity contribution in [1.82, 2.24) is 4.57 Å². The molecule has 0 saturated carbocycles. The maximum Gasteiger partial charge on any atom is 0.123 e. The van der Waals surface area contributed by atoms with E-state index in [4.69, 9.17) is 9.47 Å². The van der Waals surface area contributed by atoms with Gasteiger partial charge in [-0.15, -0.1) is 0 Å². The highest BCUT2D eigenvalue weighted by Gasteiger charge is 2.03. The Bertz CT molecular complexity index is 704. The third kappa shape index (κ3) is 3.26. The highest BCUT2D eigenvalue weighted by Crippen LogP contribution is 2.22. The number of hydrogen-bond donors (Lipinski definition) is 0. The third-order valence-electron chi connectivity index (χ3n) is 3.40. The van der Waals surface area contributed by atoms with Crippen LogP contribution >= 0.6 is 0 Å². The molecule has 0 aliphatic carbocycles. The molecule has 2 aromatic carbocycles. The summed E-state index contributed by atoms with van der Waals surface area (Å²) in [5, 5.41) is 1.17. The largest absolute Gasteiger partial charge is 0.494 e. The topological polar surface area (TPSA) is 23.4 Å². The van der Waals surface area contributed by atoms with Crippen molar-refractivity contribution in [3.8, 4) is 5.75 Å². The molecule has 0 unspecified atom stereocenters. The van der Waals surface area contributed by atoms with E-state index in [-0.39, 0.29) is 0 Å². The molecule has 0 radical (unpaired) electrons. The minimum atomic E-state index is 0.548. The molecule has 0 N–H and O–H groups in total. The summed E-state index contributed by atoms with van der Waals surface area (Å²) in [6.07, 6.45) is 2.05. The van der Waals surface area contributed by atoms with Crippen LogP contribution < -0.4 is 4.74 Å². The van der Waals surface area contributed by atoms with Gasteiger partial charge in [-0.1, -0.05) is 30.3 Å².